The smallest absolute Gasteiger partial charge is 0.321 e. The number of carboxylic acids is 1. The number of nitrogens with zero attached hydrogens (tertiary/aromatic N) is 2. The Labute approximate surface area is 123 Å². The van der Waals surface area contributed by atoms with Gasteiger partial charge in [0.25, 0.3) is 0 Å². The van der Waals surface area contributed by atoms with Gasteiger partial charge in [0, 0.05) is 23.6 Å². The minimum absolute atomic E-state index is 0.0915. The van der Waals surface area contributed by atoms with E-state index < -0.39 is 18.1 Å². The molecular weight excluding hydrogens is 330 g/mol. The fourth-order valence-corrected chi connectivity index (χ4v) is 2.36. The number of likely N-dealkylation sites (tertiary alicyclic amines) is 1. The fraction of sp³-hybridized carbons (Fsp3) is 0.417. The van der Waals surface area contributed by atoms with Crippen LogP contribution in [0.2, 0.25) is 0 Å². The van der Waals surface area contributed by atoms with Crippen LogP contribution in [0.15, 0.2) is 22.8 Å². The summed E-state index contributed by atoms with van der Waals surface area (Å²) in [5.41, 5.74) is 0. The van der Waals surface area contributed by atoms with E-state index in [1.807, 2.05) is 0 Å². The van der Waals surface area contributed by atoms with Crippen molar-refractivity contribution in [1.29, 1.82) is 0 Å². The first-order valence-corrected chi connectivity index (χ1v) is 6.81. The third-order valence-electron chi connectivity index (χ3n) is 3.01. The van der Waals surface area contributed by atoms with Crippen LogP contribution in [-0.2, 0) is 9.59 Å². The predicted octanol–water partition coefficient (Wildman–Crippen LogP) is 0.302. The normalized spacial score (nSPS) is 22.7. The number of carbonyl (C=O) groups is 2. The van der Waals surface area contributed by atoms with Crippen molar-refractivity contribution in [3.05, 3.63) is 22.8 Å². The Morgan fingerprint density at radius 3 is 2.85 bits per heavy atom. The zero-order valence-corrected chi connectivity index (χ0v) is 12.1. The quantitative estimate of drug-likeness (QED) is 0.726. The highest BCUT2D eigenvalue weighted by Crippen LogP contribution is 2.18. The van der Waals surface area contributed by atoms with Crippen molar-refractivity contribution in [3.8, 4) is 0 Å². The van der Waals surface area contributed by atoms with E-state index in [2.05, 4.69) is 26.2 Å². The summed E-state index contributed by atoms with van der Waals surface area (Å²) in [4.78, 5) is 28.3. The number of anilines is 1. The van der Waals surface area contributed by atoms with Gasteiger partial charge in [0.05, 0.1) is 12.6 Å². The summed E-state index contributed by atoms with van der Waals surface area (Å²) in [7, 11) is 0. The number of amides is 1. The van der Waals surface area contributed by atoms with Crippen molar-refractivity contribution in [1.82, 2.24) is 9.88 Å². The summed E-state index contributed by atoms with van der Waals surface area (Å²) in [5.74, 6) is -0.999. The summed E-state index contributed by atoms with van der Waals surface area (Å²) in [6.07, 6.45) is 0.976. The van der Waals surface area contributed by atoms with E-state index in [4.69, 9.17) is 5.11 Å². The van der Waals surface area contributed by atoms with Crippen LogP contribution in [0.3, 0.4) is 0 Å². The van der Waals surface area contributed by atoms with Crippen LogP contribution >= 0.6 is 15.9 Å². The molecule has 1 fully saturated rings. The number of hydrogen-bond acceptors (Lipinski definition) is 5. The van der Waals surface area contributed by atoms with Gasteiger partial charge in [-0.2, -0.15) is 0 Å². The summed E-state index contributed by atoms with van der Waals surface area (Å²) in [6.45, 7) is 0.0872. The van der Waals surface area contributed by atoms with Crippen LogP contribution in [0.5, 0.6) is 0 Å². The fourth-order valence-electron chi connectivity index (χ4n) is 2.13. The van der Waals surface area contributed by atoms with E-state index in [1.165, 1.54) is 4.90 Å². The zero-order valence-electron chi connectivity index (χ0n) is 10.5. The molecule has 0 radical (unpaired) electrons. The topological polar surface area (TPSA) is 103 Å². The molecule has 1 aromatic rings. The standard InChI is InChI=1S/C12H14BrN3O4/c13-7-1-2-10(14-4-7)15-11(18)6-16-5-8(17)3-9(16)12(19)20/h1-2,4,8-9,17H,3,5-6H2,(H,19,20)(H,14,15,18). The molecule has 0 bridgehead atoms. The van der Waals surface area contributed by atoms with Gasteiger partial charge in [-0.3, -0.25) is 14.5 Å². The number of aliphatic hydroxyl groups is 1. The lowest BCUT2D eigenvalue weighted by Crippen LogP contribution is -2.41. The minimum atomic E-state index is -1.03. The minimum Gasteiger partial charge on any atom is -0.480 e. The van der Waals surface area contributed by atoms with E-state index in [9.17, 15) is 14.7 Å². The summed E-state index contributed by atoms with van der Waals surface area (Å²) < 4.78 is 0.795. The van der Waals surface area contributed by atoms with Crippen LogP contribution < -0.4 is 5.32 Å². The highest BCUT2D eigenvalue weighted by Gasteiger charge is 2.36. The number of aromatic nitrogens is 1. The molecule has 7 nitrogen and oxygen atoms in total. The molecule has 0 aromatic carbocycles. The number of β-amino-alcohol motifs (C(OH)–C–C–N with tert-alkyl or cyclic N) is 1. The molecule has 108 valence electrons. The number of carboxylic acid groups (broad SMARTS) is 1. The molecule has 2 atom stereocenters. The molecule has 0 spiro atoms. The average molecular weight is 344 g/mol. The van der Waals surface area contributed by atoms with Crippen LogP contribution in [0.4, 0.5) is 5.82 Å². The number of aliphatic carboxylic acids is 1. The first-order chi connectivity index (χ1) is 9.45. The second-order valence-corrected chi connectivity index (χ2v) is 5.50. The SMILES string of the molecule is O=C(CN1CC(O)CC1C(=O)O)Nc1ccc(Br)cn1. The van der Waals surface area contributed by atoms with E-state index >= 15 is 0 Å². The van der Waals surface area contributed by atoms with Crippen LogP contribution in [0.1, 0.15) is 6.42 Å². The molecule has 1 aliphatic rings. The Bertz CT molecular complexity index is 508. The predicted molar refractivity (Wildman–Crippen MR) is 74.2 cm³/mol. The van der Waals surface area contributed by atoms with Crippen molar-refractivity contribution >= 4 is 33.6 Å². The van der Waals surface area contributed by atoms with Gasteiger partial charge in [-0.1, -0.05) is 0 Å². The summed E-state index contributed by atoms with van der Waals surface area (Å²) in [6, 6.07) is 2.55. The van der Waals surface area contributed by atoms with Gasteiger partial charge in [-0.15, -0.1) is 0 Å². The lowest BCUT2D eigenvalue weighted by atomic mass is 10.2. The molecule has 8 heteroatoms. The molecule has 2 heterocycles. The van der Waals surface area contributed by atoms with E-state index in [0.717, 1.165) is 4.47 Å². The van der Waals surface area contributed by atoms with Gasteiger partial charge in [0.2, 0.25) is 5.91 Å². The lowest BCUT2D eigenvalue weighted by Gasteiger charge is -2.19. The Balaban J connectivity index is 1.93. The van der Waals surface area contributed by atoms with E-state index in [-0.39, 0.29) is 25.4 Å². The number of hydrogen-bond donors (Lipinski definition) is 3. The lowest BCUT2D eigenvalue weighted by molar-refractivity contribution is -0.142. The van der Waals surface area contributed by atoms with Crippen LogP contribution in [0.25, 0.3) is 0 Å². The van der Waals surface area contributed by atoms with Gasteiger partial charge in [0.1, 0.15) is 11.9 Å². The number of halogens is 1. The summed E-state index contributed by atoms with van der Waals surface area (Å²) in [5, 5.41) is 21.1. The Morgan fingerprint density at radius 2 is 2.25 bits per heavy atom. The van der Waals surface area contributed by atoms with Crippen molar-refractivity contribution < 1.29 is 19.8 Å². The average Bonchev–Trinajstić information content (AvgIpc) is 2.73. The van der Waals surface area contributed by atoms with Gasteiger partial charge in [-0.05, 0) is 28.1 Å². The first-order valence-electron chi connectivity index (χ1n) is 6.02. The number of carbonyl (C=O) groups excluding carboxylic acids is 1. The maximum absolute atomic E-state index is 11.8. The van der Waals surface area contributed by atoms with Crippen molar-refractivity contribution in [2.75, 3.05) is 18.4 Å². The van der Waals surface area contributed by atoms with Crippen LogP contribution in [0, 0.1) is 0 Å². The molecule has 1 amide bonds. The van der Waals surface area contributed by atoms with Gasteiger partial charge in [0.15, 0.2) is 0 Å². The molecule has 3 N–H and O–H groups in total. The first kappa shape index (κ1) is 14.9. The summed E-state index contributed by atoms with van der Waals surface area (Å²) >= 11 is 3.24. The van der Waals surface area contributed by atoms with Gasteiger partial charge in [-0.25, -0.2) is 4.98 Å². The van der Waals surface area contributed by atoms with E-state index in [1.54, 1.807) is 18.3 Å². The molecule has 1 aliphatic heterocycles. The maximum atomic E-state index is 11.8. The van der Waals surface area contributed by atoms with E-state index in [0.29, 0.717) is 5.82 Å². The molecule has 2 unspecified atom stereocenters. The molecule has 0 saturated carbocycles. The van der Waals surface area contributed by atoms with Crippen molar-refractivity contribution in [3.63, 3.8) is 0 Å². The molecule has 0 aliphatic carbocycles. The van der Waals surface area contributed by atoms with Crippen molar-refractivity contribution in [2.45, 2.75) is 18.6 Å². The number of aliphatic hydroxyl groups excluding tert-OH is 1. The number of pyridine rings is 1. The Morgan fingerprint density at radius 1 is 1.50 bits per heavy atom. The van der Waals surface area contributed by atoms with Crippen LogP contribution in [-0.4, -0.2) is 57.2 Å². The maximum Gasteiger partial charge on any atom is 0.321 e. The highest BCUT2D eigenvalue weighted by atomic mass is 79.9. The highest BCUT2D eigenvalue weighted by molar-refractivity contribution is 9.10. The number of rotatable bonds is 4. The monoisotopic (exact) mass is 343 g/mol. The second-order valence-electron chi connectivity index (χ2n) is 4.58. The van der Waals surface area contributed by atoms with Gasteiger partial charge < -0.3 is 15.5 Å². The number of nitrogens with one attached hydrogen (secondary N) is 1. The molecule has 1 aromatic heterocycles. The molecular formula is C12H14BrN3O4. The molecule has 2 rings (SSSR count). The van der Waals surface area contributed by atoms with Gasteiger partial charge >= 0.3 is 5.97 Å². The third-order valence-corrected chi connectivity index (χ3v) is 3.48. The second kappa shape index (κ2) is 6.29. The third kappa shape index (κ3) is 3.75. The molecule has 1 saturated heterocycles. The molecule has 20 heavy (non-hydrogen) atoms. The zero-order chi connectivity index (χ0) is 14.7. The Hall–Kier alpha value is -1.51. The van der Waals surface area contributed by atoms with Crippen molar-refractivity contribution in [2.24, 2.45) is 0 Å². The Kier molecular flexibility index (Phi) is 4.69. The largest absolute Gasteiger partial charge is 0.480 e.